The lowest BCUT2D eigenvalue weighted by atomic mass is 10.1. The lowest BCUT2D eigenvalue weighted by Gasteiger charge is -2.41. The summed E-state index contributed by atoms with van der Waals surface area (Å²) in [5, 5.41) is 2.52. The van der Waals surface area contributed by atoms with Gasteiger partial charge in [0.05, 0.1) is 6.04 Å². The molecule has 6 nitrogen and oxygen atoms in total. The van der Waals surface area contributed by atoms with E-state index in [2.05, 4.69) is 4.98 Å². The van der Waals surface area contributed by atoms with E-state index in [1.165, 1.54) is 11.3 Å². The molecule has 0 radical (unpaired) electrons. The molecule has 2 fully saturated rings. The SMILES string of the molecule is C[C@H]1C(=O)N2CCC[C@H]2CN1C(=O)c1csc([C@@H](N)Cc2ccccc2)n1.Cl. The van der Waals surface area contributed by atoms with Gasteiger partial charge in [0.25, 0.3) is 5.91 Å². The Bertz CT molecular complexity index is 844. The summed E-state index contributed by atoms with van der Waals surface area (Å²) in [6, 6.07) is 9.49. The minimum Gasteiger partial charge on any atom is -0.336 e. The third-order valence-electron chi connectivity index (χ3n) is 5.51. The minimum atomic E-state index is -0.435. The minimum absolute atomic E-state index is 0. The Hall–Kier alpha value is -1.96. The maximum absolute atomic E-state index is 13.0. The lowest BCUT2D eigenvalue weighted by Crippen LogP contribution is -2.60. The Morgan fingerprint density at radius 1 is 1.36 bits per heavy atom. The zero-order valence-corrected chi connectivity index (χ0v) is 17.4. The van der Waals surface area contributed by atoms with Crippen LogP contribution in [0.4, 0.5) is 0 Å². The van der Waals surface area contributed by atoms with E-state index < -0.39 is 6.04 Å². The summed E-state index contributed by atoms with van der Waals surface area (Å²) in [4.78, 5) is 33.7. The van der Waals surface area contributed by atoms with E-state index in [0.717, 1.165) is 30.0 Å². The van der Waals surface area contributed by atoms with Crippen LogP contribution < -0.4 is 5.73 Å². The van der Waals surface area contributed by atoms with Crippen LogP contribution in [0, 0.1) is 0 Å². The van der Waals surface area contributed by atoms with Gasteiger partial charge in [0, 0.05) is 24.5 Å². The average Bonchev–Trinajstić information content (AvgIpc) is 3.34. The third-order valence-corrected chi connectivity index (χ3v) is 6.49. The number of carbonyl (C=O) groups excluding carboxylic acids is 2. The van der Waals surface area contributed by atoms with Crippen LogP contribution >= 0.6 is 23.7 Å². The van der Waals surface area contributed by atoms with Gasteiger partial charge in [-0.2, -0.15) is 0 Å². The lowest BCUT2D eigenvalue weighted by molar-refractivity contribution is -0.141. The third kappa shape index (κ3) is 3.92. The predicted molar refractivity (Wildman–Crippen MR) is 112 cm³/mol. The Balaban J connectivity index is 0.00000225. The normalized spacial score (nSPS) is 22.6. The maximum Gasteiger partial charge on any atom is 0.274 e. The largest absolute Gasteiger partial charge is 0.336 e. The number of hydrogen-bond donors (Lipinski definition) is 1. The number of hydrogen-bond acceptors (Lipinski definition) is 5. The number of halogens is 1. The molecule has 0 unspecified atom stereocenters. The molecule has 8 heteroatoms. The topological polar surface area (TPSA) is 79.5 Å². The van der Waals surface area contributed by atoms with Crippen LogP contribution in [0.2, 0.25) is 0 Å². The van der Waals surface area contributed by atoms with Crippen molar-refractivity contribution in [1.29, 1.82) is 0 Å². The molecule has 1 aromatic carbocycles. The van der Waals surface area contributed by atoms with Crippen molar-refractivity contribution in [3.05, 3.63) is 52.0 Å². The monoisotopic (exact) mass is 420 g/mol. The molecule has 1 aromatic heterocycles. The summed E-state index contributed by atoms with van der Waals surface area (Å²) in [5.41, 5.74) is 7.84. The van der Waals surface area contributed by atoms with Gasteiger partial charge in [0.2, 0.25) is 5.91 Å². The number of nitrogens with two attached hydrogens (primary N) is 1. The van der Waals surface area contributed by atoms with Gasteiger partial charge < -0.3 is 15.5 Å². The zero-order valence-electron chi connectivity index (χ0n) is 15.8. The van der Waals surface area contributed by atoms with Crippen molar-refractivity contribution in [3.63, 3.8) is 0 Å². The van der Waals surface area contributed by atoms with Crippen molar-refractivity contribution in [2.75, 3.05) is 13.1 Å². The van der Waals surface area contributed by atoms with E-state index in [0.29, 0.717) is 18.7 Å². The van der Waals surface area contributed by atoms with Crippen molar-refractivity contribution < 1.29 is 9.59 Å². The molecule has 150 valence electrons. The second kappa shape index (κ2) is 8.59. The number of rotatable bonds is 4. The van der Waals surface area contributed by atoms with Gasteiger partial charge in [-0.25, -0.2) is 4.98 Å². The molecule has 0 aliphatic carbocycles. The molecular formula is C20H25ClN4O2S. The summed E-state index contributed by atoms with van der Waals surface area (Å²) in [6.07, 6.45) is 2.66. The first-order valence-corrected chi connectivity index (χ1v) is 10.3. The molecule has 28 heavy (non-hydrogen) atoms. The van der Waals surface area contributed by atoms with Gasteiger partial charge in [-0.15, -0.1) is 23.7 Å². The van der Waals surface area contributed by atoms with E-state index in [4.69, 9.17) is 5.73 Å². The summed E-state index contributed by atoms with van der Waals surface area (Å²) >= 11 is 1.41. The highest BCUT2D eigenvalue weighted by atomic mass is 35.5. The van der Waals surface area contributed by atoms with E-state index in [-0.39, 0.29) is 36.3 Å². The van der Waals surface area contributed by atoms with Crippen molar-refractivity contribution in [1.82, 2.24) is 14.8 Å². The number of thiazole rings is 1. The molecule has 2 saturated heterocycles. The number of carbonyl (C=O) groups is 2. The Morgan fingerprint density at radius 3 is 2.86 bits per heavy atom. The summed E-state index contributed by atoms with van der Waals surface area (Å²) < 4.78 is 0. The number of aromatic nitrogens is 1. The van der Waals surface area contributed by atoms with Gasteiger partial charge in [-0.3, -0.25) is 9.59 Å². The van der Waals surface area contributed by atoms with E-state index in [1.54, 1.807) is 10.3 Å². The van der Waals surface area contributed by atoms with Crippen molar-refractivity contribution in [3.8, 4) is 0 Å². The quantitative estimate of drug-likeness (QED) is 0.824. The summed E-state index contributed by atoms with van der Waals surface area (Å²) in [7, 11) is 0. The highest BCUT2D eigenvalue weighted by Gasteiger charge is 2.42. The van der Waals surface area contributed by atoms with Gasteiger partial charge in [0.15, 0.2) is 0 Å². The fourth-order valence-corrected chi connectivity index (χ4v) is 4.79. The Morgan fingerprint density at radius 2 is 2.11 bits per heavy atom. The second-order valence-electron chi connectivity index (χ2n) is 7.33. The van der Waals surface area contributed by atoms with Crippen LogP contribution in [-0.4, -0.2) is 51.8 Å². The first kappa shape index (κ1) is 20.8. The Kier molecular flexibility index (Phi) is 6.37. The van der Waals surface area contributed by atoms with Crippen LogP contribution in [0.5, 0.6) is 0 Å². The first-order valence-electron chi connectivity index (χ1n) is 9.41. The highest BCUT2D eigenvalue weighted by Crippen LogP contribution is 2.28. The van der Waals surface area contributed by atoms with Crippen molar-refractivity contribution >= 4 is 35.6 Å². The molecule has 0 saturated carbocycles. The summed E-state index contributed by atoms with van der Waals surface area (Å²) in [6.45, 7) is 3.21. The number of amides is 2. The predicted octanol–water partition coefficient (Wildman–Crippen LogP) is 2.64. The van der Waals surface area contributed by atoms with Crippen LogP contribution in [0.15, 0.2) is 35.7 Å². The van der Waals surface area contributed by atoms with E-state index in [1.807, 2.05) is 42.2 Å². The number of fused-ring (bicyclic) bond motifs is 1. The van der Waals surface area contributed by atoms with Crippen molar-refractivity contribution in [2.24, 2.45) is 5.73 Å². The summed E-state index contributed by atoms with van der Waals surface area (Å²) in [5.74, 6) is -0.120. The second-order valence-corrected chi connectivity index (χ2v) is 8.22. The molecule has 2 N–H and O–H groups in total. The average molecular weight is 421 g/mol. The molecule has 0 spiro atoms. The molecule has 3 heterocycles. The molecule has 2 aromatic rings. The molecule has 4 rings (SSSR count). The first-order chi connectivity index (χ1) is 13.0. The zero-order chi connectivity index (χ0) is 19.0. The Labute approximate surface area is 175 Å². The highest BCUT2D eigenvalue weighted by molar-refractivity contribution is 7.09. The van der Waals surface area contributed by atoms with Gasteiger partial charge in [-0.05, 0) is 31.7 Å². The van der Waals surface area contributed by atoms with E-state index >= 15 is 0 Å². The fraction of sp³-hybridized carbons (Fsp3) is 0.450. The van der Waals surface area contributed by atoms with Crippen LogP contribution in [0.3, 0.4) is 0 Å². The fourth-order valence-electron chi connectivity index (χ4n) is 3.99. The van der Waals surface area contributed by atoms with Gasteiger partial charge in [-0.1, -0.05) is 30.3 Å². The smallest absolute Gasteiger partial charge is 0.274 e. The van der Waals surface area contributed by atoms with Gasteiger partial charge in [0.1, 0.15) is 16.7 Å². The van der Waals surface area contributed by atoms with E-state index in [9.17, 15) is 9.59 Å². The van der Waals surface area contributed by atoms with Crippen LogP contribution in [-0.2, 0) is 11.2 Å². The molecule has 3 atom stereocenters. The molecule has 2 aliphatic rings. The van der Waals surface area contributed by atoms with Gasteiger partial charge >= 0.3 is 0 Å². The molecule has 2 amide bonds. The molecule has 0 bridgehead atoms. The van der Waals surface area contributed by atoms with Crippen molar-refractivity contribution in [2.45, 2.75) is 44.3 Å². The number of nitrogens with zero attached hydrogens (tertiary/aromatic N) is 3. The number of piperazine rings is 1. The standard InChI is InChI=1S/C20H24N4O2S.ClH/c1-13-19(25)23-9-5-8-15(23)11-24(13)20(26)17-12-27-18(22-17)16(21)10-14-6-3-2-4-7-14;/h2-4,6-7,12-13,15-16H,5,8-11,21H2,1H3;1H/t13-,15-,16-;/m0./s1. The van der Waals surface area contributed by atoms with Crippen LogP contribution in [0.1, 0.15) is 46.9 Å². The molecular weight excluding hydrogens is 396 g/mol. The maximum atomic E-state index is 13.0. The van der Waals surface area contributed by atoms with Crippen LogP contribution in [0.25, 0.3) is 0 Å². The number of benzene rings is 1. The molecule has 2 aliphatic heterocycles.